The molecule has 0 aromatic carbocycles. The Balaban J connectivity index is 1.97. The molecule has 0 aromatic heterocycles. The Morgan fingerprint density at radius 3 is 2.33 bits per heavy atom. The first-order valence-corrected chi connectivity index (χ1v) is 4.17. The average molecular weight is 125 g/mol. The molecule has 3 rings (SSSR count). The van der Waals surface area contributed by atoms with Gasteiger partial charge in [0.05, 0.1) is 0 Å². The molecule has 2 saturated heterocycles. The molecule has 1 aliphatic carbocycles. The topological polar surface area (TPSA) is 3.24 Å². The van der Waals surface area contributed by atoms with E-state index in [0.29, 0.717) is 0 Å². The van der Waals surface area contributed by atoms with Crippen molar-refractivity contribution in [2.75, 3.05) is 6.54 Å². The zero-order valence-electron chi connectivity index (χ0n) is 6.14. The van der Waals surface area contributed by atoms with E-state index in [1.807, 2.05) is 0 Å². The van der Waals surface area contributed by atoms with Crippen LogP contribution in [0.1, 0.15) is 32.6 Å². The van der Waals surface area contributed by atoms with Crippen molar-refractivity contribution in [1.29, 1.82) is 0 Å². The van der Waals surface area contributed by atoms with Crippen LogP contribution in [0.25, 0.3) is 0 Å². The van der Waals surface area contributed by atoms with E-state index in [1.165, 1.54) is 32.2 Å². The van der Waals surface area contributed by atoms with Gasteiger partial charge in [-0.25, -0.2) is 0 Å². The third kappa shape index (κ3) is 0.710. The van der Waals surface area contributed by atoms with Crippen LogP contribution >= 0.6 is 0 Å². The molecule has 0 aromatic rings. The third-order valence-electron chi connectivity index (χ3n) is 2.92. The van der Waals surface area contributed by atoms with Crippen molar-refractivity contribution >= 4 is 0 Å². The highest BCUT2D eigenvalue weighted by molar-refractivity contribution is 4.95. The molecule has 2 aliphatic heterocycles. The highest BCUT2D eigenvalue weighted by Crippen LogP contribution is 2.37. The fourth-order valence-electron chi connectivity index (χ4n) is 2.42. The summed E-state index contributed by atoms with van der Waals surface area (Å²) in [7, 11) is 0. The van der Waals surface area contributed by atoms with Crippen molar-refractivity contribution in [2.45, 2.75) is 44.7 Å². The molecule has 2 unspecified atom stereocenters. The Labute approximate surface area is 57.0 Å². The van der Waals surface area contributed by atoms with Crippen molar-refractivity contribution in [3.05, 3.63) is 0 Å². The predicted octanol–water partition coefficient (Wildman–Crippen LogP) is 1.63. The van der Waals surface area contributed by atoms with Gasteiger partial charge in [0.25, 0.3) is 0 Å². The van der Waals surface area contributed by atoms with Crippen molar-refractivity contribution in [3.63, 3.8) is 0 Å². The minimum absolute atomic E-state index is 0.994. The van der Waals surface area contributed by atoms with Crippen LogP contribution in [0.4, 0.5) is 0 Å². The van der Waals surface area contributed by atoms with E-state index in [2.05, 4.69) is 11.8 Å². The molecule has 2 bridgehead atoms. The lowest BCUT2D eigenvalue weighted by molar-refractivity contribution is -0.0221. The molecule has 2 atom stereocenters. The van der Waals surface area contributed by atoms with Crippen molar-refractivity contribution in [3.8, 4) is 0 Å². The zero-order valence-corrected chi connectivity index (χ0v) is 6.14. The fourth-order valence-corrected chi connectivity index (χ4v) is 2.42. The Hall–Kier alpha value is -0.0400. The second kappa shape index (κ2) is 1.98. The van der Waals surface area contributed by atoms with Gasteiger partial charge in [-0.15, -0.1) is 0 Å². The number of fused-ring (bicyclic) bond motifs is 2. The van der Waals surface area contributed by atoms with Crippen LogP contribution in [-0.4, -0.2) is 23.5 Å². The lowest BCUT2D eigenvalue weighted by atomic mass is 9.80. The first-order chi connectivity index (χ1) is 4.42. The van der Waals surface area contributed by atoms with E-state index in [4.69, 9.17) is 0 Å². The highest BCUT2D eigenvalue weighted by Gasteiger charge is 2.39. The zero-order chi connectivity index (χ0) is 6.27. The van der Waals surface area contributed by atoms with Crippen LogP contribution in [0.5, 0.6) is 0 Å². The minimum atomic E-state index is 0.994. The first kappa shape index (κ1) is 5.72. The number of hydrogen-bond acceptors (Lipinski definition) is 1. The minimum Gasteiger partial charge on any atom is -0.298 e. The molecule has 9 heavy (non-hydrogen) atoms. The summed E-state index contributed by atoms with van der Waals surface area (Å²) in [4.78, 5) is 2.66. The van der Waals surface area contributed by atoms with Gasteiger partial charge in [0.2, 0.25) is 0 Å². The van der Waals surface area contributed by atoms with Crippen molar-refractivity contribution in [1.82, 2.24) is 4.90 Å². The maximum Gasteiger partial charge on any atom is 0.0113 e. The Bertz CT molecular complexity index is 97.1. The van der Waals surface area contributed by atoms with Crippen LogP contribution in [0.2, 0.25) is 0 Å². The molecular weight excluding hydrogens is 110 g/mol. The van der Waals surface area contributed by atoms with E-state index < -0.39 is 0 Å². The van der Waals surface area contributed by atoms with Gasteiger partial charge in [-0.2, -0.15) is 0 Å². The van der Waals surface area contributed by atoms with E-state index in [-0.39, 0.29) is 0 Å². The van der Waals surface area contributed by atoms with E-state index >= 15 is 0 Å². The monoisotopic (exact) mass is 125 g/mol. The Kier molecular flexibility index (Phi) is 1.26. The Morgan fingerprint density at radius 2 is 2.00 bits per heavy atom. The summed E-state index contributed by atoms with van der Waals surface area (Å²) in [5.74, 6) is 0. The standard InChI is InChI=1S/C8H15N/c1-2-9-7-4-3-5-8(9)6-7/h7-8H,2-6H2,1H3. The summed E-state index contributed by atoms with van der Waals surface area (Å²) in [5, 5.41) is 0. The predicted molar refractivity (Wildman–Crippen MR) is 38.4 cm³/mol. The lowest BCUT2D eigenvalue weighted by Gasteiger charge is -2.52. The molecule has 0 amide bonds. The summed E-state index contributed by atoms with van der Waals surface area (Å²) in [5.41, 5.74) is 0. The van der Waals surface area contributed by atoms with E-state index in [1.54, 1.807) is 0 Å². The molecule has 1 nitrogen and oxygen atoms in total. The fraction of sp³-hybridized carbons (Fsp3) is 1.00. The SMILES string of the molecule is CCN1C2CCCC1C2. The smallest absolute Gasteiger partial charge is 0.0113 e. The van der Waals surface area contributed by atoms with Gasteiger partial charge in [0, 0.05) is 12.1 Å². The number of piperidine rings is 1. The van der Waals surface area contributed by atoms with Crippen LogP contribution < -0.4 is 0 Å². The van der Waals surface area contributed by atoms with Crippen LogP contribution in [0.15, 0.2) is 0 Å². The van der Waals surface area contributed by atoms with Gasteiger partial charge >= 0.3 is 0 Å². The van der Waals surface area contributed by atoms with Gasteiger partial charge in [0.1, 0.15) is 0 Å². The summed E-state index contributed by atoms with van der Waals surface area (Å²) < 4.78 is 0. The summed E-state index contributed by atoms with van der Waals surface area (Å²) in [6.45, 7) is 3.57. The molecule has 0 radical (unpaired) electrons. The summed E-state index contributed by atoms with van der Waals surface area (Å²) in [6, 6.07) is 1.99. The summed E-state index contributed by atoms with van der Waals surface area (Å²) in [6.07, 6.45) is 5.95. The molecule has 3 fully saturated rings. The second-order valence-corrected chi connectivity index (χ2v) is 3.30. The third-order valence-corrected chi connectivity index (χ3v) is 2.92. The molecular formula is C8H15N. The van der Waals surface area contributed by atoms with Gasteiger partial charge < -0.3 is 0 Å². The van der Waals surface area contributed by atoms with Crippen LogP contribution in [0, 0.1) is 0 Å². The van der Waals surface area contributed by atoms with Crippen molar-refractivity contribution in [2.24, 2.45) is 0 Å². The molecule has 0 spiro atoms. The van der Waals surface area contributed by atoms with Gasteiger partial charge in [0.15, 0.2) is 0 Å². The van der Waals surface area contributed by atoms with E-state index in [9.17, 15) is 0 Å². The maximum absolute atomic E-state index is 2.66. The lowest BCUT2D eigenvalue weighted by Crippen LogP contribution is -2.58. The molecule has 0 N–H and O–H groups in total. The van der Waals surface area contributed by atoms with E-state index in [0.717, 1.165) is 12.1 Å². The quantitative estimate of drug-likeness (QED) is 0.515. The molecule has 2 heterocycles. The molecule has 52 valence electrons. The maximum atomic E-state index is 2.66. The largest absolute Gasteiger partial charge is 0.298 e. The average Bonchev–Trinajstić information content (AvgIpc) is 1.90. The normalized spacial score (nSPS) is 42.3. The highest BCUT2D eigenvalue weighted by atomic mass is 15.2. The van der Waals surface area contributed by atoms with Crippen LogP contribution in [0.3, 0.4) is 0 Å². The van der Waals surface area contributed by atoms with Crippen LogP contribution in [-0.2, 0) is 0 Å². The van der Waals surface area contributed by atoms with Crippen molar-refractivity contribution < 1.29 is 0 Å². The van der Waals surface area contributed by atoms with Gasteiger partial charge in [-0.05, 0) is 25.8 Å². The first-order valence-electron chi connectivity index (χ1n) is 4.17. The van der Waals surface area contributed by atoms with Gasteiger partial charge in [-0.3, -0.25) is 4.90 Å². The van der Waals surface area contributed by atoms with Gasteiger partial charge in [-0.1, -0.05) is 13.3 Å². The number of rotatable bonds is 1. The number of nitrogens with zero attached hydrogens (tertiary/aromatic N) is 1. The Morgan fingerprint density at radius 1 is 1.33 bits per heavy atom. The number of hydrogen-bond donors (Lipinski definition) is 0. The second-order valence-electron chi connectivity index (χ2n) is 3.30. The molecule has 3 aliphatic rings. The summed E-state index contributed by atoms with van der Waals surface area (Å²) >= 11 is 0. The molecule has 1 saturated carbocycles. The molecule has 1 heteroatoms.